The summed E-state index contributed by atoms with van der Waals surface area (Å²) in [6, 6.07) is -0.573. The molecule has 1 atom stereocenters. The number of anilines is 1. The molecular weight excluding hydrogens is 192 g/mol. The molecule has 14 heavy (non-hydrogen) atoms. The van der Waals surface area contributed by atoms with Crippen molar-refractivity contribution in [2.45, 2.75) is 6.10 Å². The first-order chi connectivity index (χ1) is 6.72. The van der Waals surface area contributed by atoms with Crippen LogP contribution in [0.5, 0.6) is 0 Å². The molecule has 78 valence electrons. The lowest BCUT2D eigenvalue weighted by Gasteiger charge is -2.08. The summed E-state index contributed by atoms with van der Waals surface area (Å²) < 4.78 is 0. The quantitative estimate of drug-likeness (QED) is 0.371. The van der Waals surface area contributed by atoms with Gasteiger partial charge in [-0.25, -0.2) is 9.89 Å². The molecule has 0 spiro atoms. The molecule has 1 unspecified atom stereocenters. The summed E-state index contributed by atoms with van der Waals surface area (Å²) in [7, 11) is 0. The Bertz CT molecular complexity index is 275. The fourth-order valence-electron chi connectivity index (χ4n) is 0.639. The second kappa shape index (κ2) is 5.09. The Morgan fingerprint density at radius 3 is 3.00 bits per heavy atom. The van der Waals surface area contributed by atoms with E-state index in [1.165, 1.54) is 0 Å². The van der Waals surface area contributed by atoms with Gasteiger partial charge in [0.1, 0.15) is 0 Å². The average molecular weight is 202 g/mol. The highest BCUT2D eigenvalue weighted by Gasteiger charge is 2.06. The maximum absolute atomic E-state index is 11.0. The van der Waals surface area contributed by atoms with Crippen LogP contribution in [0.1, 0.15) is 0 Å². The number of nitrogens with zero attached hydrogens (tertiary/aromatic N) is 3. The van der Waals surface area contributed by atoms with Gasteiger partial charge in [-0.1, -0.05) is 5.10 Å². The molecule has 0 aliphatic rings. The number of aromatic amines is 1. The smallest absolute Gasteiger partial charge is 0.321 e. The monoisotopic (exact) mass is 202 g/mol. The van der Waals surface area contributed by atoms with Crippen molar-refractivity contribution in [3.8, 4) is 0 Å². The van der Waals surface area contributed by atoms with Crippen LogP contribution in [-0.2, 0) is 0 Å². The minimum absolute atomic E-state index is 0.0517. The maximum atomic E-state index is 11.0. The molecule has 5 N–H and O–H groups in total. The first kappa shape index (κ1) is 10.3. The molecule has 0 fully saturated rings. The number of aliphatic hydroxyl groups excluding tert-OH is 2. The summed E-state index contributed by atoms with van der Waals surface area (Å²) in [4.78, 5) is 11.0. The van der Waals surface area contributed by atoms with E-state index in [2.05, 4.69) is 31.3 Å². The van der Waals surface area contributed by atoms with Crippen LogP contribution in [-0.4, -0.2) is 56.1 Å². The number of H-pyrrole nitrogens is 1. The molecule has 2 amide bonds. The third-order valence-corrected chi connectivity index (χ3v) is 1.29. The van der Waals surface area contributed by atoms with Gasteiger partial charge in [0.05, 0.1) is 12.7 Å². The van der Waals surface area contributed by atoms with E-state index >= 15 is 0 Å². The topological polar surface area (TPSA) is 136 Å². The van der Waals surface area contributed by atoms with Gasteiger partial charge in [-0.05, 0) is 10.4 Å². The number of carbonyl (C=O) groups is 1. The van der Waals surface area contributed by atoms with Crippen molar-refractivity contribution in [2.75, 3.05) is 18.5 Å². The zero-order valence-electron chi connectivity index (χ0n) is 7.14. The SMILES string of the molecule is O=C(NCC(O)CO)Nc1nnn[nH]1. The lowest BCUT2D eigenvalue weighted by atomic mass is 10.4. The summed E-state index contributed by atoms with van der Waals surface area (Å²) >= 11 is 0. The van der Waals surface area contributed by atoms with E-state index in [0.29, 0.717) is 0 Å². The van der Waals surface area contributed by atoms with E-state index in [1.807, 2.05) is 0 Å². The van der Waals surface area contributed by atoms with Crippen LogP contribution < -0.4 is 10.6 Å². The molecule has 1 rings (SSSR count). The van der Waals surface area contributed by atoms with Crippen LogP contribution >= 0.6 is 0 Å². The van der Waals surface area contributed by atoms with E-state index in [-0.39, 0.29) is 12.5 Å². The van der Waals surface area contributed by atoms with Crippen LogP contribution in [0.25, 0.3) is 0 Å². The largest absolute Gasteiger partial charge is 0.394 e. The molecule has 1 heterocycles. The third-order valence-electron chi connectivity index (χ3n) is 1.29. The van der Waals surface area contributed by atoms with Crippen molar-refractivity contribution in [3.05, 3.63) is 0 Å². The highest BCUT2D eigenvalue weighted by Crippen LogP contribution is 1.88. The second-order valence-electron chi connectivity index (χ2n) is 2.42. The number of amides is 2. The molecular formula is C5H10N6O3. The van der Waals surface area contributed by atoms with Crippen molar-refractivity contribution < 1.29 is 15.0 Å². The van der Waals surface area contributed by atoms with Crippen molar-refractivity contribution in [1.29, 1.82) is 0 Å². The predicted octanol–water partition coefficient (Wildman–Crippen LogP) is -2.33. The Labute approximate surface area is 78.5 Å². The van der Waals surface area contributed by atoms with Gasteiger partial charge in [0, 0.05) is 6.54 Å². The van der Waals surface area contributed by atoms with Crippen LogP contribution in [0.4, 0.5) is 10.7 Å². The van der Waals surface area contributed by atoms with E-state index in [0.717, 1.165) is 0 Å². The molecule has 9 heteroatoms. The van der Waals surface area contributed by atoms with Gasteiger partial charge >= 0.3 is 6.03 Å². The van der Waals surface area contributed by atoms with Crippen LogP contribution in [0.3, 0.4) is 0 Å². The molecule has 0 bridgehead atoms. The van der Waals surface area contributed by atoms with Crippen LogP contribution in [0, 0.1) is 0 Å². The first-order valence-electron chi connectivity index (χ1n) is 3.80. The maximum Gasteiger partial charge on any atom is 0.321 e. The molecule has 0 aromatic carbocycles. The molecule has 9 nitrogen and oxygen atoms in total. The second-order valence-corrected chi connectivity index (χ2v) is 2.42. The third kappa shape index (κ3) is 3.33. The van der Waals surface area contributed by atoms with E-state index < -0.39 is 18.7 Å². The molecule has 0 radical (unpaired) electrons. The minimum Gasteiger partial charge on any atom is -0.394 e. The summed E-state index contributed by atoms with van der Waals surface area (Å²) in [6.45, 7) is -0.464. The molecule has 0 aliphatic carbocycles. The van der Waals surface area contributed by atoms with Gasteiger partial charge in [-0.2, -0.15) is 0 Å². The number of carbonyl (C=O) groups excluding carboxylic acids is 1. The fourth-order valence-corrected chi connectivity index (χ4v) is 0.639. The molecule has 0 aliphatic heterocycles. The van der Waals surface area contributed by atoms with Crippen molar-refractivity contribution in [3.63, 3.8) is 0 Å². The zero-order valence-corrected chi connectivity index (χ0v) is 7.14. The van der Waals surface area contributed by atoms with Crippen molar-refractivity contribution in [1.82, 2.24) is 25.9 Å². The first-order valence-corrected chi connectivity index (χ1v) is 3.80. The Kier molecular flexibility index (Phi) is 3.76. The van der Waals surface area contributed by atoms with Gasteiger partial charge in [0.15, 0.2) is 0 Å². The van der Waals surface area contributed by atoms with Gasteiger partial charge in [-0.15, -0.1) is 0 Å². The highest BCUT2D eigenvalue weighted by atomic mass is 16.3. The summed E-state index contributed by atoms with van der Waals surface area (Å²) in [6.07, 6.45) is -0.978. The van der Waals surface area contributed by atoms with E-state index in [9.17, 15) is 4.79 Å². The summed E-state index contributed by atoms with van der Waals surface area (Å²) in [5, 5.41) is 34.1. The van der Waals surface area contributed by atoms with Gasteiger partial charge < -0.3 is 15.5 Å². The molecule has 1 aromatic rings. The Hall–Kier alpha value is -1.74. The number of hydrogen-bond donors (Lipinski definition) is 5. The summed E-state index contributed by atoms with van der Waals surface area (Å²) in [5.41, 5.74) is 0. The van der Waals surface area contributed by atoms with Gasteiger partial charge in [-0.3, -0.25) is 5.32 Å². The number of nitrogens with one attached hydrogen (secondary N) is 3. The number of rotatable bonds is 4. The average Bonchev–Trinajstić information content (AvgIpc) is 2.66. The Morgan fingerprint density at radius 2 is 2.43 bits per heavy atom. The Balaban J connectivity index is 2.23. The number of urea groups is 1. The number of hydrogen-bond acceptors (Lipinski definition) is 6. The van der Waals surface area contributed by atoms with Crippen LogP contribution in [0.15, 0.2) is 0 Å². The Morgan fingerprint density at radius 1 is 1.64 bits per heavy atom. The molecule has 0 saturated heterocycles. The van der Waals surface area contributed by atoms with Crippen molar-refractivity contribution in [2.24, 2.45) is 0 Å². The number of tetrazole rings is 1. The summed E-state index contributed by atoms with van der Waals surface area (Å²) in [5.74, 6) is 0.0981. The highest BCUT2D eigenvalue weighted by molar-refractivity contribution is 5.87. The normalized spacial score (nSPS) is 12.1. The fraction of sp³-hybridized carbons (Fsp3) is 0.600. The lowest BCUT2D eigenvalue weighted by molar-refractivity contribution is 0.0965. The van der Waals surface area contributed by atoms with E-state index in [4.69, 9.17) is 10.2 Å². The van der Waals surface area contributed by atoms with Crippen molar-refractivity contribution >= 4 is 12.0 Å². The lowest BCUT2D eigenvalue weighted by Crippen LogP contribution is -2.36. The van der Waals surface area contributed by atoms with E-state index in [1.54, 1.807) is 0 Å². The number of aliphatic hydroxyl groups is 2. The number of aromatic nitrogens is 4. The predicted molar refractivity (Wildman–Crippen MR) is 44.3 cm³/mol. The zero-order chi connectivity index (χ0) is 10.4. The molecule has 1 aromatic heterocycles. The molecule has 0 saturated carbocycles. The standard InChI is InChI=1S/C5H10N6O3/c12-2-3(13)1-6-5(14)7-4-8-10-11-9-4/h3,12-13H,1-2H2,(H3,6,7,8,9,10,11,14). The van der Waals surface area contributed by atoms with Gasteiger partial charge in [0.25, 0.3) is 0 Å². The van der Waals surface area contributed by atoms with Crippen LogP contribution in [0.2, 0.25) is 0 Å². The minimum atomic E-state index is -0.978. The van der Waals surface area contributed by atoms with Gasteiger partial charge in [0.2, 0.25) is 5.95 Å².